The van der Waals surface area contributed by atoms with Crippen LogP contribution >= 0.6 is 0 Å². The number of aromatic nitrogens is 2. The minimum Gasteiger partial charge on any atom is -0.375 e. The van der Waals surface area contributed by atoms with Crippen LogP contribution in [0.3, 0.4) is 0 Å². The summed E-state index contributed by atoms with van der Waals surface area (Å²) >= 11 is 0. The van der Waals surface area contributed by atoms with Gasteiger partial charge in [0.15, 0.2) is 0 Å². The SMILES string of the molecule is COCC(=O)Nc1cc(C(=O)NC[C@@H]2C[C@@H]3C=C[C@@H]2C32CC2)c2c(c1)ncn2Cc1ccc(F)cc1. The number of amides is 2. The highest BCUT2D eigenvalue weighted by Crippen LogP contribution is 2.69. The molecule has 2 amide bonds. The van der Waals surface area contributed by atoms with Gasteiger partial charge in [0.1, 0.15) is 12.4 Å². The molecule has 3 aliphatic carbocycles. The normalized spacial score (nSPS) is 22.9. The van der Waals surface area contributed by atoms with Gasteiger partial charge in [-0.2, -0.15) is 0 Å². The Balaban J connectivity index is 1.28. The van der Waals surface area contributed by atoms with Crippen molar-refractivity contribution in [3.8, 4) is 0 Å². The molecule has 1 aromatic heterocycles. The number of ether oxygens (including phenoxy) is 1. The maximum absolute atomic E-state index is 13.6. The Morgan fingerprint density at radius 2 is 2.00 bits per heavy atom. The van der Waals surface area contributed by atoms with Crippen LogP contribution in [-0.4, -0.2) is 41.6 Å². The minimum atomic E-state index is -0.308. The molecule has 2 aromatic carbocycles. The summed E-state index contributed by atoms with van der Waals surface area (Å²) in [6, 6.07) is 9.71. The fourth-order valence-electron chi connectivity index (χ4n) is 6.36. The van der Waals surface area contributed by atoms with Crippen LogP contribution < -0.4 is 10.6 Å². The van der Waals surface area contributed by atoms with Crippen molar-refractivity contribution in [2.24, 2.45) is 23.2 Å². The molecule has 3 atom stereocenters. The average molecular weight is 489 g/mol. The van der Waals surface area contributed by atoms with E-state index < -0.39 is 0 Å². The number of allylic oxidation sites excluding steroid dienone is 2. The van der Waals surface area contributed by atoms with Gasteiger partial charge < -0.3 is 19.9 Å². The number of methoxy groups -OCH3 is 1. The third kappa shape index (κ3) is 3.99. The van der Waals surface area contributed by atoms with Crippen molar-refractivity contribution in [2.75, 3.05) is 25.6 Å². The van der Waals surface area contributed by atoms with Crippen LogP contribution in [0.15, 0.2) is 54.9 Å². The number of benzene rings is 2. The van der Waals surface area contributed by atoms with Gasteiger partial charge in [0.05, 0.1) is 22.9 Å². The summed E-state index contributed by atoms with van der Waals surface area (Å²) in [7, 11) is 1.45. The van der Waals surface area contributed by atoms with Crippen molar-refractivity contribution in [2.45, 2.75) is 25.8 Å². The second-order valence-electron chi connectivity index (χ2n) is 10.3. The van der Waals surface area contributed by atoms with Crippen LogP contribution in [0.2, 0.25) is 0 Å². The summed E-state index contributed by atoms with van der Waals surface area (Å²) in [5, 5.41) is 5.97. The fraction of sp³-hybridized carbons (Fsp3) is 0.393. The van der Waals surface area contributed by atoms with Crippen LogP contribution in [-0.2, 0) is 16.1 Å². The first-order valence-corrected chi connectivity index (χ1v) is 12.5. The van der Waals surface area contributed by atoms with E-state index in [0.29, 0.717) is 58.5 Å². The molecule has 7 nitrogen and oxygen atoms in total. The number of hydrogen-bond donors (Lipinski definition) is 2. The smallest absolute Gasteiger partial charge is 0.253 e. The van der Waals surface area contributed by atoms with Crippen molar-refractivity contribution >= 4 is 28.5 Å². The molecule has 0 aliphatic heterocycles. The van der Waals surface area contributed by atoms with Gasteiger partial charge in [-0.15, -0.1) is 0 Å². The molecule has 0 saturated heterocycles. The largest absolute Gasteiger partial charge is 0.375 e. The molecule has 3 aromatic rings. The number of nitrogens with zero attached hydrogens (tertiary/aromatic N) is 2. The predicted octanol–water partition coefficient (Wildman–Crippen LogP) is 4.14. The zero-order valence-corrected chi connectivity index (χ0v) is 20.2. The number of halogens is 1. The second-order valence-corrected chi connectivity index (χ2v) is 10.3. The molecular weight excluding hydrogens is 459 g/mol. The Morgan fingerprint density at radius 1 is 1.19 bits per heavy atom. The summed E-state index contributed by atoms with van der Waals surface area (Å²) in [6.45, 7) is 0.976. The van der Waals surface area contributed by atoms with E-state index in [2.05, 4.69) is 27.8 Å². The van der Waals surface area contributed by atoms with Gasteiger partial charge in [-0.05, 0) is 72.3 Å². The molecule has 1 spiro atoms. The lowest BCUT2D eigenvalue weighted by Gasteiger charge is -2.20. The number of fused-ring (bicyclic) bond motifs is 1. The van der Waals surface area contributed by atoms with E-state index in [0.717, 1.165) is 12.0 Å². The number of nitrogens with one attached hydrogen (secondary N) is 2. The summed E-state index contributed by atoms with van der Waals surface area (Å²) < 4.78 is 20.2. The predicted molar refractivity (Wildman–Crippen MR) is 134 cm³/mol. The van der Waals surface area contributed by atoms with Crippen molar-refractivity contribution < 1.29 is 18.7 Å². The highest BCUT2D eigenvalue weighted by Gasteiger charge is 2.62. The highest BCUT2D eigenvalue weighted by molar-refractivity contribution is 6.07. The fourth-order valence-corrected chi connectivity index (χ4v) is 6.36. The Kier molecular flexibility index (Phi) is 5.63. The van der Waals surface area contributed by atoms with Crippen molar-refractivity contribution in [3.63, 3.8) is 0 Å². The lowest BCUT2D eigenvalue weighted by molar-refractivity contribution is -0.119. The van der Waals surface area contributed by atoms with Crippen LogP contribution in [0.25, 0.3) is 11.0 Å². The topological polar surface area (TPSA) is 85.2 Å². The average Bonchev–Trinajstić information content (AvgIpc) is 3.37. The molecule has 2 fully saturated rings. The molecule has 6 rings (SSSR count). The highest BCUT2D eigenvalue weighted by atomic mass is 19.1. The maximum atomic E-state index is 13.6. The second kappa shape index (κ2) is 8.85. The van der Waals surface area contributed by atoms with E-state index in [4.69, 9.17) is 4.74 Å². The van der Waals surface area contributed by atoms with Crippen LogP contribution in [0.1, 0.15) is 35.2 Å². The molecule has 8 heteroatoms. The van der Waals surface area contributed by atoms with E-state index in [1.807, 2.05) is 4.57 Å². The number of carbonyl (C=O) groups is 2. The van der Waals surface area contributed by atoms with Crippen molar-refractivity contribution in [1.29, 1.82) is 0 Å². The zero-order chi connectivity index (χ0) is 24.9. The van der Waals surface area contributed by atoms with Crippen LogP contribution in [0, 0.1) is 29.0 Å². The van der Waals surface area contributed by atoms with Crippen molar-refractivity contribution in [3.05, 3.63) is 71.8 Å². The first-order valence-electron chi connectivity index (χ1n) is 12.5. The third-order valence-electron chi connectivity index (χ3n) is 8.15. The van der Waals surface area contributed by atoms with Crippen molar-refractivity contribution in [1.82, 2.24) is 14.9 Å². The number of anilines is 1. The Hall–Kier alpha value is -3.52. The monoisotopic (exact) mass is 488 g/mol. The lowest BCUT2D eigenvalue weighted by atomic mass is 9.89. The maximum Gasteiger partial charge on any atom is 0.253 e. The molecule has 186 valence electrons. The Morgan fingerprint density at radius 3 is 2.72 bits per heavy atom. The molecule has 2 bridgehead atoms. The Labute approximate surface area is 208 Å². The first kappa shape index (κ1) is 22.9. The zero-order valence-electron chi connectivity index (χ0n) is 20.2. The number of imidazole rings is 1. The van der Waals surface area contributed by atoms with Gasteiger partial charge in [-0.3, -0.25) is 9.59 Å². The van der Waals surface area contributed by atoms with E-state index in [-0.39, 0.29) is 24.2 Å². The molecular formula is C28H29FN4O3. The van der Waals surface area contributed by atoms with E-state index in [9.17, 15) is 14.0 Å². The van der Waals surface area contributed by atoms with Gasteiger partial charge in [-0.25, -0.2) is 9.37 Å². The van der Waals surface area contributed by atoms with Gasteiger partial charge in [-0.1, -0.05) is 24.3 Å². The molecule has 36 heavy (non-hydrogen) atoms. The number of carbonyl (C=O) groups excluding carboxylic acids is 2. The van der Waals surface area contributed by atoms with Gasteiger partial charge in [0, 0.05) is 25.9 Å². The first-order chi connectivity index (χ1) is 17.5. The molecule has 1 heterocycles. The number of rotatable bonds is 8. The van der Waals surface area contributed by atoms with Gasteiger partial charge >= 0.3 is 0 Å². The van der Waals surface area contributed by atoms with Gasteiger partial charge in [0.25, 0.3) is 5.91 Å². The summed E-state index contributed by atoms with van der Waals surface area (Å²) in [5.41, 5.74) is 3.57. The summed E-state index contributed by atoms with van der Waals surface area (Å²) in [6.07, 6.45) is 10.1. The molecule has 0 unspecified atom stereocenters. The van der Waals surface area contributed by atoms with Gasteiger partial charge in [0.2, 0.25) is 5.91 Å². The quantitative estimate of drug-likeness (QED) is 0.467. The molecule has 2 saturated carbocycles. The third-order valence-corrected chi connectivity index (χ3v) is 8.15. The minimum absolute atomic E-state index is 0.0852. The summed E-state index contributed by atoms with van der Waals surface area (Å²) in [5.74, 6) is 0.877. The standard InChI is InChI=1S/C28H29FN4O3/c1-36-15-25(34)32-21-11-22(27(35)30-13-18-10-19-4-7-23(18)28(19)8-9-28)26-24(12-21)31-16-33(26)14-17-2-5-20(29)6-3-17/h2-7,11-12,16,18-19,23H,8-10,13-15H2,1H3,(H,30,35)(H,32,34)/t18-,19-,23-/m0/s1. The lowest BCUT2D eigenvalue weighted by Crippen LogP contribution is -2.32. The Bertz CT molecular complexity index is 1360. The van der Waals surface area contributed by atoms with E-state index in [1.165, 1.54) is 32.1 Å². The van der Waals surface area contributed by atoms with E-state index >= 15 is 0 Å². The molecule has 3 aliphatic rings. The van der Waals surface area contributed by atoms with Crippen LogP contribution in [0.4, 0.5) is 10.1 Å². The van der Waals surface area contributed by atoms with E-state index in [1.54, 1.807) is 30.6 Å². The van der Waals surface area contributed by atoms with Crippen LogP contribution in [0.5, 0.6) is 0 Å². The summed E-state index contributed by atoms with van der Waals surface area (Å²) in [4.78, 5) is 30.2. The molecule has 2 N–H and O–H groups in total. The molecule has 0 radical (unpaired) electrons. The number of hydrogen-bond acceptors (Lipinski definition) is 4.